The Labute approximate surface area is 126 Å². The van der Waals surface area contributed by atoms with Crippen LogP contribution < -0.4 is 0 Å². The molecular formula is C16H24N2O3. The number of nitrogens with zero attached hydrogens (tertiary/aromatic N) is 2. The summed E-state index contributed by atoms with van der Waals surface area (Å²) in [6, 6.07) is 8.02. The summed E-state index contributed by atoms with van der Waals surface area (Å²) in [5, 5.41) is 8.91. The minimum absolute atomic E-state index is 0.110. The van der Waals surface area contributed by atoms with Gasteiger partial charge in [-0.05, 0) is 33.0 Å². The third kappa shape index (κ3) is 6.90. The zero-order valence-electron chi connectivity index (χ0n) is 13.0. The highest BCUT2D eigenvalue weighted by molar-refractivity contribution is 5.81. The van der Waals surface area contributed by atoms with Gasteiger partial charge in [0.05, 0.1) is 0 Å². The maximum atomic E-state index is 12.2. The van der Waals surface area contributed by atoms with Crippen LogP contribution in [0.5, 0.6) is 0 Å². The van der Waals surface area contributed by atoms with E-state index in [9.17, 15) is 9.59 Å². The highest BCUT2D eigenvalue weighted by Gasteiger charge is 2.16. The normalized spacial score (nSPS) is 10.7. The number of benzene rings is 1. The molecule has 0 radical (unpaired) electrons. The average molecular weight is 292 g/mol. The standard InChI is InChI=1S/C16H24N2O3/c1-13-5-4-6-14(11-13)7-8-15(19)18(12-16(20)21)10-9-17(2)3/h4-6,11H,7-10,12H2,1-3H3,(H,20,21). The SMILES string of the molecule is Cc1cccc(CCC(=O)N(CCN(C)C)CC(=O)O)c1. The van der Waals surface area contributed by atoms with Crippen molar-refractivity contribution in [1.82, 2.24) is 9.80 Å². The molecule has 1 amide bonds. The van der Waals surface area contributed by atoms with Crippen molar-refractivity contribution in [2.45, 2.75) is 19.8 Å². The van der Waals surface area contributed by atoms with Gasteiger partial charge in [-0.1, -0.05) is 29.8 Å². The second kappa shape index (κ2) is 8.42. The van der Waals surface area contributed by atoms with Crippen molar-refractivity contribution in [2.24, 2.45) is 0 Å². The first-order valence-corrected chi connectivity index (χ1v) is 7.08. The van der Waals surface area contributed by atoms with Crippen LogP contribution in [0.15, 0.2) is 24.3 Å². The van der Waals surface area contributed by atoms with Gasteiger partial charge in [-0.25, -0.2) is 0 Å². The number of carbonyl (C=O) groups is 2. The van der Waals surface area contributed by atoms with Crippen LogP contribution in [0.1, 0.15) is 17.5 Å². The fourth-order valence-electron chi connectivity index (χ4n) is 2.05. The lowest BCUT2D eigenvalue weighted by molar-refractivity contribution is -0.144. The molecule has 0 spiro atoms. The third-order valence-corrected chi connectivity index (χ3v) is 3.21. The summed E-state index contributed by atoms with van der Waals surface area (Å²) in [5.74, 6) is -1.08. The Morgan fingerprint density at radius 3 is 2.48 bits per heavy atom. The number of rotatable bonds is 8. The lowest BCUT2D eigenvalue weighted by atomic mass is 10.1. The number of amides is 1. The van der Waals surface area contributed by atoms with Crippen molar-refractivity contribution >= 4 is 11.9 Å². The molecule has 5 nitrogen and oxygen atoms in total. The van der Waals surface area contributed by atoms with Crippen molar-refractivity contribution in [3.63, 3.8) is 0 Å². The first kappa shape index (κ1) is 17.2. The number of carboxylic acids is 1. The molecule has 0 aliphatic carbocycles. The molecule has 1 aromatic rings. The van der Waals surface area contributed by atoms with Crippen LogP contribution in [0, 0.1) is 6.92 Å². The van der Waals surface area contributed by atoms with Gasteiger partial charge in [-0.2, -0.15) is 0 Å². The Hall–Kier alpha value is -1.88. The predicted molar refractivity (Wildman–Crippen MR) is 82.3 cm³/mol. The van der Waals surface area contributed by atoms with Crippen molar-refractivity contribution in [3.05, 3.63) is 35.4 Å². The second-order valence-corrected chi connectivity index (χ2v) is 5.50. The Bertz CT molecular complexity index is 486. The summed E-state index contributed by atoms with van der Waals surface area (Å²) < 4.78 is 0. The van der Waals surface area contributed by atoms with Crippen LogP contribution in [-0.2, 0) is 16.0 Å². The Morgan fingerprint density at radius 2 is 1.90 bits per heavy atom. The number of carboxylic acid groups (broad SMARTS) is 1. The maximum absolute atomic E-state index is 12.2. The second-order valence-electron chi connectivity index (χ2n) is 5.50. The zero-order chi connectivity index (χ0) is 15.8. The number of aryl methyl sites for hydroxylation is 2. The van der Waals surface area contributed by atoms with Crippen LogP contribution in [0.4, 0.5) is 0 Å². The molecule has 1 rings (SSSR count). The molecule has 0 aliphatic heterocycles. The molecule has 0 saturated heterocycles. The molecule has 0 aliphatic rings. The van der Waals surface area contributed by atoms with Gasteiger partial charge in [0, 0.05) is 19.5 Å². The predicted octanol–water partition coefficient (Wildman–Crippen LogP) is 1.40. The highest BCUT2D eigenvalue weighted by Crippen LogP contribution is 2.08. The minimum Gasteiger partial charge on any atom is -0.480 e. The van der Waals surface area contributed by atoms with E-state index < -0.39 is 5.97 Å². The zero-order valence-corrected chi connectivity index (χ0v) is 13.0. The number of likely N-dealkylation sites (N-methyl/N-ethyl adjacent to an activating group) is 1. The summed E-state index contributed by atoms with van der Waals surface area (Å²) in [6.07, 6.45) is 0.975. The van der Waals surface area contributed by atoms with Crippen molar-refractivity contribution in [2.75, 3.05) is 33.7 Å². The van der Waals surface area contributed by atoms with E-state index in [1.165, 1.54) is 4.90 Å². The molecular weight excluding hydrogens is 268 g/mol. The molecule has 5 heteroatoms. The van der Waals surface area contributed by atoms with Gasteiger partial charge < -0.3 is 14.9 Å². The molecule has 0 aromatic heterocycles. The van der Waals surface area contributed by atoms with Crippen LogP contribution in [-0.4, -0.2) is 60.5 Å². The Kier molecular flexibility index (Phi) is 6.88. The van der Waals surface area contributed by atoms with Gasteiger partial charge in [0.1, 0.15) is 6.54 Å². The van der Waals surface area contributed by atoms with Crippen LogP contribution in [0.25, 0.3) is 0 Å². The van der Waals surface area contributed by atoms with Gasteiger partial charge >= 0.3 is 5.97 Å². The van der Waals surface area contributed by atoms with E-state index >= 15 is 0 Å². The molecule has 21 heavy (non-hydrogen) atoms. The third-order valence-electron chi connectivity index (χ3n) is 3.21. The molecule has 0 saturated carbocycles. The van der Waals surface area contributed by atoms with Gasteiger partial charge in [0.25, 0.3) is 0 Å². The van der Waals surface area contributed by atoms with Crippen LogP contribution >= 0.6 is 0 Å². The van der Waals surface area contributed by atoms with Crippen LogP contribution in [0.2, 0.25) is 0 Å². The lowest BCUT2D eigenvalue weighted by Crippen LogP contribution is -2.40. The van der Waals surface area contributed by atoms with Gasteiger partial charge in [-0.3, -0.25) is 9.59 Å². The van der Waals surface area contributed by atoms with Crippen molar-refractivity contribution in [1.29, 1.82) is 0 Å². The maximum Gasteiger partial charge on any atom is 0.323 e. The lowest BCUT2D eigenvalue weighted by Gasteiger charge is -2.22. The molecule has 1 N–H and O–H groups in total. The minimum atomic E-state index is -0.974. The topological polar surface area (TPSA) is 60.9 Å². The van der Waals surface area contributed by atoms with Gasteiger partial charge in [0.2, 0.25) is 5.91 Å². The molecule has 0 fully saturated rings. The Balaban J connectivity index is 2.56. The molecule has 0 atom stereocenters. The number of hydrogen-bond acceptors (Lipinski definition) is 3. The smallest absolute Gasteiger partial charge is 0.323 e. The molecule has 0 heterocycles. The highest BCUT2D eigenvalue weighted by atomic mass is 16.4. The van der Waals surface area contributed by atoms with E-state index in [4.69, 9.17) is 5.11 Å². The quantitative estimate of drug-likeness (QED) is 0.787. The van der Waals surface area contributed by atoms with E-state index in [2.05, 4.69) is 6.07 Å². The number of hydrogen-bond donors (Lipinski definition) is 1. The first-order chi connectivity index (χ1) is 9.88. The van der Waals surface area contributed by atoms with E-state index in [1.54, 1.807) is 0 Å². The fraction of sp³-hybridized carbons (Fsp3) is 0.500. The van der Waals surface area contributed by atoms with Crippen molar-refractivity contribution < 1.29 is 14.7 Å². The monoisotopic (exact) mass is 292 g/mol. The number of aliphatic carboxylic acids is 1. The van der Waals surface area contributed by atoms with E-state index in [0.29, 0.717) is 25.9 Å². The van der Waals surface area contributed by atoms with Crippen LogP contribution in [0.3, 0.4) is 0 Å². The fourth-order valence-corrected chi connectivity index (χ4v) is 2.05. The summed E-state index contributed by atoms with van der Waals surface area (Å²) >= 11 is 0. The number of carbonyl (C=O) groups excluding carboxylic acids is 1. The van der Waals surface area contributed by atoms with E-state index in [-0.39, 0.29) is 12.5 Å². The Morgan fingerprint density at radius 1 is 1.19 bits per heavy atom. The molecule has 1 aromatic carbocycles. The summed E-state index contributed by atoms with van der Waals surface area (Å²) in [4.78, 5) is 26.4. The summed E-state index contributed by atoms with van der Waals surface area (Å²) in [6.45, 7) is 2.87. The van der Waals surface area contributed by atoms with Gasteiger partial charge in [0.15, 0.2) is 0 Å². The first-order valence-electron chi connectivity index (χ1n) is 7.08. The van der Waals surface area contributed by atoms with Crippen molar-refractivity contribution in [3.8, 4) is 0 Å². The molecule has 116 valence electrons. The van der Waals surface area contributed by atoms with E-state index in [0.717, 1.165) is 11.1 Å². The molecule has 0 bridgehead atoms. The van der Waals surface area contributed by atoms with E-state index in [1.807, 2.05) is 44.1 Å². The summed E-state index contributed by atoms with van der Waals surface area (Å²) in [7, 11) is 3.80. The average Bonchev–Trinajstić information content (AvgIpc) is 2.40. The largest absolute Gasteiger partial charge is 0.480 e. The summed E-state index contributed by atoms with van der Waals surface area (Å²) in [5.41, 5.74) is 2.26. The molecule has 0 unspecified atom stereocenters. The van der Waals surface area contributed by atoms with Gasteiger partial charge in [-0.15, -0.1) is 0 Å².